The first-order valence-electron chi connectivity index (χ1n) is 9.98. The Bertz CT molecular complexity index is 661. The van der Waals surface area contributed by atoms with Gasteiger partial charge in [-0.2, -0.15) is 0 Å². The minimum atomic E-state index is -0.329. The molecule has 0 aromatic heterocycles. The predicted octanol–water partition coefficient (Wildman–Crippen LogP) is 3.13. The number of nitrogens with zero attached hydrogens (tertiary/aromatic N) is 1. The monoisotopic (exact) mass is 355 g/mol. The van der Waals surface area contributed by atoms with Crippen LogP contribution in [0, 0.1) is 11.8 Å². The van der Waals surface area contributed by atoms with Crippen LogP contribution in [0.2, 0.25) is 0 Å². The van der Waals surface area contributed by atoms with Gasteiger partial charge in [0, 0.05) is 19.0 Å². The van der Waals surface area contributed by atoms with Gasteiger partial charge in [0.1, 0.15) is 0 Å². The fourth-order valence-corrected chi connectivity index (χ4v) is 3.41. The highest BCUT2D eigenvalue weighted by Crippen LogP contribution is 2.37. The number of rotatable bonds is 6. The van der Waals surface area contributed by atoms with Gasteiger partial charge in [0.25, 0.3) is 0 Å². The Morgan fingerprint density at radius 3 is 2.12 bits per heavy atom. The first-order valence-corrected chi connectivity index (χ1v) is 9.98. The van der Waals surface area contributed by atoms with E-state index in [1.165, 1.54) is 18.4 Å². The first-order chi connectivity index (χ1) is 12.2. The number of hydrogen-bond donors (Lipinski definition) is 0. The van der Waals surface area contributed by atoms with Gasteiger partial charge in [0.15, 0.2) is 0 Å². The van der Waals surface area contributed by atoms with Crippen LogP contribution < -0.4 is 5.46 Å². The Balaban J connectivity index is 1.43. The molecule has 4 nitrogen and oxygen atoms in total. The van der Waals surface area contributed by atoms with E-state index in [0.717, 1.165) is 37.3 Å². The molecule has 1 aromatic rings. The Labute approximate surface area is 157 Å². The molecule has 0 bridgehead atoms. The molecule has 3 aliphatic rings. The average molecular weight is 355 g/mol. The summed E-state index contributed by atoms with van der Waals surface area (Å²) in [7, 11) is -0.329. The number of carbonyl (C=O) groups excluding carboxylic acids is 1. The van der Waals surface area contributed by atoms with Gasteiger partial charge in [-0.05, 0) is 70.3 Å². The molecule has 4 rings (SSSR count). The maximum absolute atomic E-state index is 12.6. The molecule has 2 saturated carbocycles. The minimum Gasteiger partial charge on any atom is -0.399 e. The lowest BCUT2D eigenvalue weighted by molar-refractivity contribution is -0.133. The lowest BCUT2D eigenvalue weighted by Gasteiger charge is -2.32. The highest BCUT2D eigenvalue weighted by Gasteiger charge is 2.51. The number of benzene rings is 1. The minimum absolute atomic E-state index is 0.290. The van der Waals surface area contributed by atoms with Crippen LogP contribution in [0.25, 0.3) is 0 Å². The van der Waals surface area contributed by atoms with E-state index in [1.54, 1.807) is 0 Å². The molecule has 5 heteroatoms. The van der Waals surface area contributed by atoms with Crippen LogP contribution in [0.4, 0.5) is 0 Å². The molecule has 0 spiro atoms. The molecule has 26 heavy (non-hydrogen) atoms. The van der Waals surface area contributed by atoms with E-state index >= 15 is 0 Å². The van der Waals surface area contributed by atoms with Crippen molar-refractivity contribution in [1.82, 2.24) is 4.90 Å². The van der Waals surface area contributed by atoms with Gasteiger partial charge < -0.3 is 14.2 Å². The maximum atomic E-state index is 12.6. The van der Waals surface area contributed by atoms with Crippen molar-refractivity contribution < 1.29 is 14.1 Å². The lowest BCUT2D eigenvalue weighted by Crippen LogP contribution is -2.41. The fraction of sp³-hybridized carbons (Fsp3) is 0.667. The quantitative estimate of drug-likeness (QED) is 0.736. The highest BCUT2D eigenvalue weighted by atomic mass is 16.7. The second-order valence-electron chi connectivity index (χ2n) is 9.27. The summed E-state index contributed by atoms with van der Waals surface area (Å²) in [5.41, 5.74) is 1.57. The molecule has 0 unspecified atom stereocenters. The van der Waals surface area contributed by atoms with Crippen molar-refractivity contribution in [2.24, 2.45) is 11.8 Å². The predicted molar refractivity (Wildman–Crippen MR) is 103 cm³/mol. The Hall–Kier alpha value is -1.33. The van der Waals surface area contributed by atoms with Crippen molar-refractivity contribution in [1.29, 1.82) is 0 Å². The maximum Gasteiger partial charge on any atom is 0.494 e. The molecular formula is C21H30BNO3. The third-order valence-corrected chi connectivity index (χ3v) is 6.29. The van der Waals surface area contributed by atoms with Gasteiger partial charge in [-0.25, -0.2) is 0 Å². The molecule has 0 N–H and O–H groups in total. The summed E-state index contributed by atoms with van der Waals surface area (Å²) < 4.78 is 12.2. The SMILES string of the molecule is CC1(C)OB(c2ccc(CN(CC3CC3)C(=O)C3CC3)cc2)OC1(C)C. The first kappa shape index (κ1) is 18.1. The zero-order chi connectivity index (χ0) is 18.5. The molecule has 1 saturated heterocycles. The number of hydrogen-bond acceptors (Lipinski definition) is 3. The average Bonchev–Trinajstić information content (AvgIpc) is 3.46. The summed E-state index contributed by atoms with van der Waals surface area (Å²) in [6.07, 6.45) is 4.69. The van der Waals surface area contributed by atoms with Gasteiger partial charge >= 0.3 is 7.12 Å². The lowest BCUT2D eigenvalue weighted by atomic mass is 9.79. The van der Waals surface area contributed by atoms with Crippen LogP contribution in [0.5, 0.6) is 0 Å². The standard InChI is InChI=1S/C21H30BNO3/c1-20(2)21(3,4)26-22(25-20)18-11-7-16(8-12-18)14-23(13-15-5-6-15)19(24)17-9-10-17/h7-8,11-12,15,17H,5-6,9-10,13-14H2,1-4H3. The molecule has 1 amide bonds. The third kappa shape index (κ3) is 3.70. The molecule has 140 valence electrons. The molecule has 1 heterocycles. The summed E-state index contributed by atoms with van der Waals surface area (Å²) >= 11 is 0. The van der Waals surface area contributed by atoms with E-state index in [0.29, 0.717) is 5.91 Å². The topological polar surface area (TPSA) is 38.8 Å². The molecule has 0 atom stereocenters. The van der Waals surface area contributed by atoms with Crippen LogP contribution in [0.1, 0.15) is 58.9 Å². The molecular weight excluding hydrogens is 325 g/mol. The van der Waals surface area contributed by atoms with E-state index in [-0.39, 0.29) is 24.2 Å². The van der Waals surface area contributed by atoms with Crippen LogP contribution in [0.3, 0.4) is 0 Å². The van der Waals surface area contributed by atoms with Gasteiger partial charge in [0.05, 0.1) is 11.2 Å². The zero-order valence-electron chi connectivity index (χ0n) is 16.5. The van der Waals surface area contributed by atoms with E-state index in [9.17, 15) is 4.79 Å². The van der Waals surface area contributed by atoms with Crippen molar-refractivity contribution in [3.8, 4) is 0 Å². The largest absolute Gasteiger partial charge is 0.494 e. The van der Waals surface area contributed by atoms with Crippen molar-refractivity contribution in [2.45, 2.75) is 71.1 Å². The molecule has 0 radical (unpaired) electrons. The highest BCUT2D eigenvalue weighted by molar-refractivity contribution is 6.62. The summed E-state index contributed by atoms with van der Waals surface area (Å²) in [5.74, 6) is 1.37. The van der Waals surface area contributed by atoms with E-state index < -0.39 is 0 Å². The van der Waals surface area contributed by atoms with Crippen molar-refractivity contribution in [2.75, 3.05) is 6.54 Å². The van der Waals surface area contributed by atoms with Crippen molar-refractivity contribution in [3.05, 3.63) is 29.8 Å². The molecule has 3 fully saturated rings. The fourth-order valence-electron chi connectivity index (χ4n) is 3.41. The Morgan fingerprint density at radius 1 is 1.04 bits per heavy atom. The van der Waals surface area contributed by atoms with Crippen LogP contribution in [-0.4, -0.2) is 35.7 Å². The van der Waals surface area contributed by atoms with Gasteiger partial charge in [-0.3, -0.25) is 4.79 Å². The normalized spacial score (nSPS) is 23.9. The van der Waals surface area contributed by atoms with E-state index in [4.69, 9.17) is 9.31 Å². The Morgan fingerprint density at radius 2 is 1.62 bits per heavy atom. The smallest absolute Gasteiger partial charge is 0.399 e. The van der Waals surface area contributed by atoms with Crippen LogP contribution >= 0.6 is 0 Å². The van der Waals surface area contributed by atoms with Crippen LogP contribution in [0.15, 0.2) is 24.3 Å². The molecule has 1 aliphatic heterocycles. The van der Waals surface area contributed by atoms with Crippen molar-refractivity contribution >= 4 is 18.5 Å². The number of carbonyl (C=O) groups is 1. The zero-order valence-corrected chi connectivity index (χ0v) is 16.5. The van der Waals surface area contributed by atoms with Gasteiger partial charge in [0.2, 0.25) is 5.91 Å². The van der Waals surface area contributed by atoms with E-state index in [2.05, 4.69) is 56.9 Å². The second kappa shape index (κ2) is 6.38. The summed E-state index contributed by atoms with van der Waals surface area (Å²) in [6, 6.07) is 8.38. The van der Waals surface area contributed by atoms with Crippen LogP contribution in [-0.2, 0) is 20.6 Å². The summed E-state index contributed by atoms with van der Waals surface area (Å²) in [6.45, 7) is 9.92. The summed E-state index contributed by atoms with van der Waals surface area (Å²) in [5, 5.41) is 0. The number of amides is 1. The third-order valence-electron chi connectivity index (χ3n) is 6.29. The van der Waals surface area contributed by atoms with Gasteiger partial charge in [-0.1, -0.05) is 24.3 Å². The van der Waals surface area contributed by atoms with E-state index in [1.807, 2.05) is 0 Å². The van der Waals surface area contributed by atoms with Crippen molar-refractivity contribution in [3.63, 3.8) is 0 Å². The van der Waals surface area contributed by atoms with Gasteiger partial charge in [-0.15, -0.1) is 0 Å². The summed E-state index contributed by atoms with van der Waals surface area (Å²) in [4.78, 5) is 14.7. The Kier molecular flexibility index (Phi) is 4.43. The molecule has 1 aromatic carbocycles. The molecule has 2 aliphatic carbocycles. The second-order valence-corrected chi connectivity index (χ2v) is 9.27.